The Labute approximate surface area is 347 Å². The number of aliphatic hydroxyl groups is 1. The molecule has 263 valence electrons. The number of fused-ring (bicyclic) bond motifs is 4. The summed E-state index contributed by atoms with van der Waals surface area (Å²) in [5.74, 6) is 0.904. The molecule has 0 aromatic heterocycles. The second-order valence-electron chi connectivity index (χ2n) is 14.2. The van der Waals surface area contributed by atoms with Gasteiger partial charge in [-0.15, -0.1) is 23.3 Å². The van der Waals surface area contributed by atoms with Crippen molar-refractivity contribution in [3.8, 4) is 0 Å². The minimum absolute atomic E-state index is 0. The van der Waals surface area contributed by atoms with E-state index in [1.807, 2.05) is 0 Å². The summed E-state index contributed by atoms with van der Waals surface area (Å²) < 4.78 is 0. The standard InChI is InChI=1S/C52H37O.Ho/c53-52(47-35-19-17-33-45(47)51(39-25-9-3-10-26-39,40-27-11-4-12-28-40)46-34-18-20-36-48(46)52)49-41-29-13-15-31-43(41)50(37-21-5-1-6-22-37,38-23-7-2-8-24-38)44-32-16-14-30-42(44)49;/h1-36,53H;/q-1;. The van der Waals surface area contributed by atoms with Gasteiger partial charge in [0.25, 0.3) is 0 Å². The summed E-state index contributed by atoms with van der Waals surface area (Å²) in [6.07, 6.45) is 0. The first-order valence-corrected chi connectivity index (χ1v) is 18.4. The second-order valence-corrected chi connectivity index (χ2v) is 14.2. The van der Waals surface area contributed by atoms with Gasteiger partial charge in [-0.1, -0.05) is 223 Å². The molecule has 0 unspecified atom stereocenters. The Balaban J connectivity index is 0.00000384. The van der Waals surface area contributed by atoms with Crippen molar-refractivity contribution >= 4 is 0 Å². The van der Waals surface area contributed by atoms with E-state index in [9.17, 15) is 5.11 Å². The molecule has 2 aliphatic carbocycles. The fourth-order valence-corrected chi connectivity index (χ4v) is 9.88. The topological polar surface area (TPSA) is 20.2 Å². The predicted molar refractivity (Wildman–Crippen MR) is 214 cm³/mol. The second kappa shape index (κ2) is 13.6. The molecular weight excluding hydrogens is 806 g/mol. The van der Waals surface area contributed by atoms with Crippen LogP contribution in [0.3, 0.4) is 0 Å². The first-order valence-electron chi connectivity index (χ1n) is 18.4. The smallest absolute Gasteiger partial charge is 0.114 e. The molecule has 0 fully saturated rings. The molecule has 8 aromatic carbocycles. The normalized spacial score (nSPS) is 15.4. The third-order valence-electron chi connectivity index (χ3n) is 11.8. The Morgan fingerprint density at radius 1 is 0.278 bits per heavy atom. The van der Waals surface area contributed by atoms with E-state index in [1.165, 1.54) is 11.1 Å². The fourth-order valence-electron chi connectivity index (χ4n) is 9.88. The van der Waals surface area contributed by atoms with Crippen LogP contribution in [0.5, 0.6) is 0 Å². The summed E-state index contributed by atoms with van der Waals surface area (Å²) in [5.41, 5.74) is 10.2. The van der Waals surface area contributed by atoms with Crippen LogP contribution in [-0.2, 0) is 16.4 Å². The van der Waals surface area contributed by atoms with Gasteiger partial charge in [0, 0.05) is 43.2 Å². The van der Waals surface area contributed by atoms with Gasteiger partial charge in [-0.3, -0.25) is 0 Å². The number of rotatable bonds is 5. The summed E-state index contributed by atoms with van der Waals surface area (Å²) >= 11 is 0. The van der Waals surface area contributed by atoms with Gasteiger partial charge < -0.3 is 5.11 Å². The van der Waals surface area contributed by atoms with Crippen molar-refractivity contribution in [3.05, 3.63) is 291 Å². The van der Waals surface area contributed by atoms with Crippen molar-refractivity contribution in [2.24, 2.45) is 0 Å². The van der Waals surface area contributed by atoms with Crippen LogP contribution in [-0.4, -0.2) is 5.11 Å². The van der Waals surface area contributed by atoms with Crippen molar-refractivity contribution in [3.63, 3.8) is 0 Å². The summed E-state index contributed by atoms with van der Waals surface area (Å²) in [4.78, 5) is 0. The zero-order chi connectivity index (χ0) is 35.5. The van der Waals surface area contributed by atoms with Gasteiger partial charge in [0.2, 0.25) is 0 Å². The predicted octanol–water partition coefficient (Wildman–Crippen LogP) is 11.0. The molecule has 0 heterocycles. The molecule has 0 atom stereocenters. The van der Waals surface area contributed by atoms with Crippen LogP contribution in [0, 0.1) is 43.7 Å². The maximum Gasteiger partial charge on any atom is 0.114 e. The third kappa shape index (κ3) is 4.69. The Kier molecular flexibility index (Phi) is 8.72. The summed E-state index contributed by atoms with van der Waals surface area (Å²) in [5, 5.41) is 14.3. The van der Waals surface area contributed by atoms with Gasteiger partial charge in [-0.25, -0.2) is 0 Å². The van der Waals surface area contributed by atoms with Crippen molar-refractivity contribution in [1.82, 2.24) is 0 Å². The van der Waals surface area contributed by atoms with E-state index in [0.29, 0.717) is 0 Å². The van der Waals surface area contributed by atoms with Crippen molar-refractivity contribution < 1.29 is 42.8 Å². The van der Waals surface area contributed by atoms with E-state index >= 15 is 0 Å². The van der Waals surface area contributed by atoms with Crippen LogP contribution in [0.4, 0.5) is 0 Å². The van der Waals surface area contributed by atoms with Crippen LogP contribution in [0.1, 0.15) is 66.8 Å². The van der Waals surface area contributed by atoms with Gasteiger partial charge in [-0.2, -0.15) is 0 Å². The van der Waals surface area contributed by atoms with Gasteiger partial charge in [0.1, 0.15) is 5.60 Å². The summed E-state index contributed by atoms with van der Waals surface area (Å²) in [6.45, 7) is 0. The molecular formula is C52H37HoO-. The first kappa shape index (κ1) is 34.6. The SMILES string of the molecule is OC1([C-]2c3ccccc3C(c3ccccc3)(c3ccccc3)c3ccccc32)c2ccccc2C(c2ccccc2)(c2ccccc2)c2ccccc21.[Ho]. The Morgan fingerprint density at radius 2 is 0.519 bits per heavy atom. The molecule has 2 heteroatoms. The molecule has 8 aromatic rings. The van der Waals surface area contributed by atoms with E-state index < -0.39 is 16.4 Å². The monoisotopic (exact) mass is 842 g/mol. The van der Waals surface area contributed by atoms with Crippen molar-refractivity contribution in [2.75, 3.05) is 0 Å². The minimum Gasteiger partial charge on any atom is -0.383 e. The molecule has 0 amide bonds. The number of benzene rings is 8. The van der Waals surface area contributed by atoms with Crippen LogP contribution in [0.25, 0.3) is 0 Å². The first-order chi connectivity index (χ1) is 26.2. The third-order valence-corrected chi connectivity index (χ3v) is 11.8. The van der Waals surface area contributed by atoms with Crippen LogP contribution in [0.15, 0.2) is 218 Å². The fraction of sp³-hybridized carbons (Fsp3) is 0.0577. The molecule has 0 aliphatic heterocycles. The average Bonchev–Trinajstić information content (AvgIpc) is 3.24. The Bertz CT molecular complexity index is 2400. The minimum atomic E-state index is -1.51. The molecule has 0 bridgehead atoms. The molecule has 0 spiro atoms. The molecule has 1 radical (unpaired) electrons. The van der Waals surface area contributed by atoms with Crippen LogP contribution >= 0.6 is 0 Å². The van der Waals surface area contributed by atoms with Crippen LogP contribution in [0.2, 0.25) is 0 Å². The number of hydrogen-bond donors (Lipinski definition) is 1. The maximum atomic E-state index is 14.3. The molecule has 0 saturated carbocycles. The quantitative estimate of drug-likeness (QED) is 0.135. The molecule has 1 N–H and O–H groups in total. The maximum absolute atomic E-state index is 14.3. The Morgan fingerprint density at radius 3 is 0.852 bits per heavy atom. The van der Waals surface area contributed by atoms with Crippen LogP contribution < -0.4 is 0 Å². The van der Waals surface area contributed by atoms with E-state index in [4.69, 9.17) is 0 Å². The van der Waals surface area contributed by atoms with Gasteiger partial charge >= 0.3 is 0 Å². The van der Waals surface area contributed by atoms with Crippen molar-refractivity contribution in [1.29, 1.82) is 0 Å². The van der Waals surface area contributed by atoms with Gasteiger partial charge in [0.15, 0.2) is 0 Å². The summed E-state index contributed by atoms with van der Waals surface area (Å²) in [7, 11) is 0. The van der Waals surface area contributed by atoms with Gasteiger partial charge in [-0.05, 0) is 44.5 Å². The zero-order valence-corrected chi connectivity index (χ0v) is 31.5. The molecule has 1 nitrogen and oxygen atoms in total. The van der Waals surface area contributed by atoms with Gasteiger partial charge in [0.05, 0.1) is 5.41 Å². The van der Waals surface area contributed by atoms with E-state index in [1.54, 1.807) is 0 Å². The van der Waals surface area contributed by atoms with E-state index in [0.717, 1.165) is 61.6 Å². The van der Waals surface area contributed by atoms with E-state index in [-0.39, 0.29) is 37.7 Å². The number of hydrogen-bond acceptors (Lipinski definition) is 1. The molecule has 2 aliphatic rings. The molecule has 0 saturated heterocycles. The average molecular weight is 843 g/mol. The molecule has 10 rings (SSSR count). The van der Waals surface area contributed by atoms with Crippen molar-refractivity contribution in [2.45, 2.75) is 16.4 Å². The Hall–Kier alpha value is -5.15. The zero-order valence-electron chi connectivity index (χ0n) is 29.5. The van der Waals surface area contributed by atoms with E-state index in [2.05, 4.69) is 218 Å². The molecule has 54 heavy (non-hydrogen) atoms. The largest absolute Gasteiger partial charge is 0.383 e. The summed E-state index contributed by atoms with van der Waals surface area (Å²) in [6, 6.07) is 78.0.